The quantitative estimate of drug-likeness (QED) is 0.794. The van der Waals surface area contributed by atoms with Crippen LogP contribution in [0.2, 0.25) is 0 Å². The molecule has 3 saturated carbocycles. The highest BCUT2D eigenvalue weighted by molar-refractivity contribution is 5.89. The first-order valence-electron chi connectivity index (χ1n) is 10.0. The van der Waals surface area contributed by atoms with E-state index in [0.29, 0.717) is 23.9 Å². The van der Waals surface area contributed by atoms with E-state index < -0.39 is 0 Å². The fourth-order valence-electron chi connectivity index (χ4n) is 7.22. The van der Waals surface area contributed by atoms with Crippen LogP contribution in [0.4, 0.5) is 0 Å². The Kier molecular flexibility index (Phi) is 3.82. The predicted molar refractivity (Wildman–Crippen MR) is 97.7 cm³/mol. The molecular formula is C21H32N2O2. The molecule has 4 heteroatoms. The lowest BCUT2D eigenvalue weighted by Gasteiger charge is -2.60. The number of carbonyl (C=O) groups excluding carboxylic acids is 2. The highest BCUT2D eigenvalue weighted by atomic mass is 16.2. The Morgan fingerprint density at radius 3 is 2.64 bits per heavy atom. The summed E-state index contributed by atoms with van der Waals surface area (Å²) in [5.41, 5.74) is 0.356. The van der Waals surface area contributed by atoms with E-state index in [9.17, 15) is 9.59 Å². The van der Waals surface area contributed by atoms with Crippen LogP contribution in [-0.4, -0.2) is 35.8 Å². The molecule has 0 aromatic carbocycles. The van der Waals surface area contributed by atoms with Gasteiger partial charge in [0, 0.05) is 31.5 Å². The Hall–Kier alpha value is -1.32. The molecule has 0 bridgehead atoms. The summed E-state index contributed by atoms with van der Waals surface area (Å²) in [5, 5.41) is 3.25. The van der Waals surface area contributed by atoms with Gasteiger partial charge in [0.15, 0.2) is 0 Å². The van der Waals surface area contributed by atoms with Gasteiger partial charge in [-0.1, -0.05) is 19.9 Å². The molecule has 3 aliphatic carbocycles. The lowest BCUT2D eigenvalue weighted by atomic mass is 9.48. The van der Waals surface area contributed by atoms with E-state index in [0.717, 1.165) is 18.8 Å². The fourth-order valence-corrected chi connectivity index (χ4v) is 7.22. The van der Waals surface area contributed by atoms with Crippen molar-refractivity contribution >= 4 is 11.8 Å². The maximum absolute atomic E-state index is 12.1. The number of hydrogen-bond donors (Lipinski definition) is 1. The van der Waals surface area contributed by atoms with Crippen molar-refractivity contribution in [1.29, 1.82) is 0 Å². The van der Waals surface area contributed by atoms with E-state index in [1.807, 2.05) is 11.9 Å². The standard InChI is InChI=1S/C21H32N2O2/c1-13(24)22-17-7-6-15-14-5-8-18-21(3,12-10-19(25)23(18)4)16(14)9-11-20(15,17)2/h10,12,14-18H,5-9,11H2,1-4H3,(H,22,24)/t14-,15-,16+,17?,18?,20-,21+/m0/s1. The van der Waals surface area contributed by atoms with Crippen LogP contribution in [0.3, 0.4) is 0 Å². The number of likely N-dealkylation sites (N-methyl/N-ethyl adjacent to an activating group) is 1. The molecule has 1 heterocycles. The van der Waals surface area contributed by atoms with Gasteiger partial charge in [0.05, 0.1) is 0 Å². The number of carbonyl (C=O) groups is 2. The molecular weight excluding hydrogens is 312 g/mol. The maximum Gasteiger partial charge on any atom is 0.246 e. The summed E-state index contributed by atoms with van der Waals surface area (Å²) >= 11 is 0. The summed E-state index contributed by atoms with van der Waals surface area (Å²) in [6.45, 7) is 6.45. The van der Waals surface area contributed by atoms with E-state index in [2.05, 4.69) is 25.2 Å². The van der Waals surface area contributed by atoms with Gasteiger partial charge in [-0.2, -0.15) is 0 Å². The predicted octanol–water partition coefficient (Wildman–Crippen LogP) is 3.13. The van der Waals surface area contributed by atoms with Crippen LogP contribution < -0.4 is 5.32 Å². The lowest BCUT2D eigenvalue weighted by molar-refractivity contribution is -0.138. The Morgan fingerprint density at radius 1 is 1.16 bits per heavy atom. The van der Waals surface area contributed by atoms with E-state index in [-0.39, 0.29) is 22.6 Å². The van der Waals surface area contributed by atoms with Gasteiger partial charge in [0.1, 0.15) is 0 Å². The molecule has 0 radical (unpaired) electrons. The van der Waals surface area contributed by atoms with Crippen molar-refractivity contribution in [1.82, 2.24) is 10.2 Å². The second-order valence-electron chi connectivity index (χ2n) is 9.49. The van der Waals surface area contributed by atoms with Crippen LogP contribution in [0.5, 0.6) is 0 Å². The average molecular weight is 344 g/mol. The lowest BCUT2D eigenvalue weighted by Crippen LogP contribution is -2.60. The molecule has 4 rings (SSSR count). The minimum atomic E-state index is 0.110. The van der Waals surface area contributed by atoms with Gasteiger partial charge in [-0.3, -0.25) is 9.59 Å². The van der Waals surface area contributed by atoms with E-state index in [4.69, 9.17) is 0 Å². The summed E-state index contributed by atoms with van der Waals surface area (Å²) < 4.78 is 0. The second-order valence-corrected chi connectivity index (χ2v) is 9.49. The van der Waals surface area contributed by atoms with Gasteiger partial charge in [0.25, 0.3) is 0 Å². The van der Waals surface area contributed by atoms with E-state index >= 15 is 0 Å². The summed E-state index contributed by atoms with van der Waals surface area (Å²) in [6.07, 6.45) is 11.1. The Bertz CT molecular complexity index is 629. The molecule has 1 aliphatic heterocycles. The van der Waals surface area contributed by atoms with Crippen LogP contribution in [0.15, 0.2) is 12.2 Å². The number of nitrogens with zero attached hydrogens (tertiary/aromatic N) is 1. The molecule has 0 aromatic rings. The van der Waals surface area contributed by atoms with Crippen molar-refractivity contribution in [2.45, 2.75) is 71.4 Å². The number of amides is 2. The fraction of sp³-hybridized carbons (Fsp3) is 0.810. The highest BCUT2D eigenvalue weighted by Gasteiger charge is 2.60. The van der Waals surface area contributed by atoms with Gasteiger partial charge >= 0.3 is 0 Å². The first-order valence-corrected chi connectivity index (χ1v) is 10.0. The van der Waals surface area contributed by atoms with Crippen molar-refractivity contribution in [3.05, 3.63) is 12.2 Å². The van der Waals surface area contributed by atoms with Crippen LogP contribution in [0.1, 0.15) is 59.3 Å². The van der Waals surface area contributed by atoms with E-state index in [1.165, 1.54) is 25.7 Å². The van der Waals surface area contributed by atoms with Gasteiger partial charge in [0.2, 0.25) is 11.8 Å². The Morgan fingerprint density at radius 2 is 1.92 bits per heavy atom. The molecule has 0 spiro atoms. The molecule has 4 nitrogen and oxygen atoms in total. The van der Waals surface area contributed by atoms with Crippen molar-refractivity contribution in [3.8, 4) is 0 Å². The average Bonchev–Trinajstić information content (AvgIpc) is 2.88. The van der Waals surface area contributed by atoms with Crippen LogP contribution in [0.25, 0.3) is 0 Å². The van der Waals surface area contributed by atoms with Crippen LogP contribution in [-0.2, 0) is 9.59 Å². The number of nitrogens with one attached hydrogen (secondary N) is 1. The number of rotatable bonds is 1. The zero-order chi connectivity index (χ0) is 18.0. The Labute approximate surface area is 151 Å². The van der Waals surface area contributed by atoms with Crippen molar-refractivity contribution in [3.63, 3.8) is 0 Å². The minimum absolute atomic E-state index is 0.110. The second kappa shape index (κ2) is 5.59. The molecule has 138 valence electrons. The zero-order valence-corrected chi connectivity index (χ0v) is 16.0. The molecule has 7 atom stereocenters. The van der Waals surface area contributed by atoms with Crippen molar-refractivity contribution < 1.29 is 9.59 Å². The van der Waals surface area contributed by atoms with Crippen molar-refractivity contribution in [2.75, 3.05) is 7.05 Å². The van der Waals surface area contributed by atoms with Gasteiger partial charge in [-0.15, -0.1) is 0 Å². The summed E-state index contributed by atoms with van der Waals surface area (Å²) in [5.74, 6) is 2.36. The molecule has 4 aliphatic rings. The van der Waals surface area contributed by atoms with Crippen LogP contribution in [0, 0.1) is 28.6 Å². The largest absolute Gasteiger partial charge is 0.353 e. The topological polar surface area (TPSA) is 49.4 Å². The zero-order valence-electron chi connectivity index (χ0n) is 16.0. The maximum atomic E-state index is 12.1. The smallest absolute Gasteiger partial charge is 0.246 e. The first-order chi connectivity index (χ1) is 11.8. The molecule has 2 unspecified atom stereocenters. The molecule has 1 N–H and O–H groups in total. The highest BCUT2D eigenvalue weighted by Crippen LogP contribution is 2.63. The summed E-state index contributed by atoms with van der Waals surface area (Å²) in [6, 6.07) is 0.691. The van der Waals surface area contributed by atoms with Crippen molar-refractivity contribution in [2.24, 2.45) is 28.6 Å². The third kappa shape index (κ3) is 2.32. The molecule has 0 aromatic heterocycles. The van der Waals surface area contributed by atoms with Gasteiger partial charge < -0.3 is 10.2 Å². The van der Waals surface area contributed by atoms with Gasteiger partial charge in [-0.05, 0) is 67.8 Å². The van der Waals surface area contributed by atoms with E-state index in [1.54, 1.807) is 13.0 Å². The Balaban J connectivity index is 1.63. The number of hydrogen-bond acceptors (Lipinski definition) is 2. The monoisotopic (exact) mass is 344 g/mol. The normalized spacial score (nSPS) is 48.6. The molecule has 0 saturated heterocycles. The molecule has 25 heavy (non-hydrogen) atoms. The first kappa shape index (κ1) is 17.1. The third-order valence-electron chi connectivity index (χ3n) is 8.51. The number of fused-ring (bicyclic) bond motifs is 5. The third-order valence-corrected chi connectivity index (χ3v) is 8.51. The summed E-state index contributed by atoms with van der Waals surface area (Å²) in [4.78, 5) is 25.8. The minimum Gasteiger partial charge on any atom is -0.353 e. The molecule has 3 fully saturated rings. The SMILES string of the molecule is CC(=O)NC1CC[C@H]2[C@@H]3CCC4N(C)C(=O)C=C[C@]4(C)[C@@H]3CC[C@]12C. The molecule has 2 amide bonds. The summed E-state index contributed by atoms with van der Waals surface area (Å²) in [7, 11) is 1.98. The van der Waals surface area contributed by atoms with Gasteiger partial charge in [-0.25, -0.2) is 0 Å². The van der Waals surface area contributed by atoms with Crippen LogP contribution >= 0.6 is 0 Å².